The van der Waals surface area contributed by atoms with Gasteiger partial charge in [0.2, 0.25) is 0 Å². The monoisotopic (exact) mass is 209 g/mol. The maximum absolute atomic E-state index is 7.02. The molecule has 0 aromatic heterocycles. The Labute approximate surface area is 57.5 Å². The van der Waals surface area contributed by atoms with E-state index in [0.29, 0.717) is 5.71 Å². The molecule has 0 aliphatic heterocycles. The topological polar surface area (TPSA) is 23.9 Å². The molecule has 1 N–H and O–H groups in total. The van der Waals surface area contributed by atoms with E-state index >= 15 is 0 Å². The maximum Gasteiger partial charge on any atom is 0.0412 e. The standard InChI is InChI=1S/C5H8IN/c1-3-5(6)4(2)7/h3,7H,1-2H3/b5-3+,7-4?. The first-order valence-electron chi connectivity index (χ1n) is 2.06. The van der Waals surface area contributed by atoms with Gasteiger partial charge in [0.1, 0.15) is 0 Å². The second kappa shape index (κ2) is 3.18. The number of allylic oxidation sites excluding steroid dienone is 2. The van der Waals surface area contributed by atoms with Crippen LogP contribution in [0.25, 0.3) is 0 Å². The van der Waals surface area contributed by atoms with Gasteiger partial charge in [-0.1, -0.05) is 6.08 Å². The molecule has 40 valence electrons. The first kappa shape index (κ1) is 7.14. The minimum absolute atomic E-state index is 0.642. The summed E-state index contributed by atoms with van der Waals surface area (Å²) in [6, 6.07) is 0. The lowest BCUT2D eigenvalue weighted by Crippen LogP contribution is -1.83. The minimum Gasteiger partial charge on any atom is -0.305 e. The Morgan fingerprint density at radius 1 is 1.71 bits per heavy atom. The minimum atomic E-state index is 0.642. The van der Waals surface area contributed by atoms with Crippen LogP contribution in [0.2, 0.25) is 0 Å². The average Bonchev–Trinajstić information content (AvgIpc) is 1.65. The van der Waals surface area contributed by atoms with E-state index in [1.54, 1.807) is 6.92 Å². The van der Waals surface area contributed by atoms with Crippen LogP contribution in [0.15, 0.2) is 9.66 Å². The average molecular weight is 209 g/mol. The summed E-state index contributed by atoms with van der Waals surface area (Å²) in [5.41, 5.74) is 0.642. The lowest BCUT2D eigenvalue weighted by molar-refractivity contribution is 1.49. The van der Waals surface area contributed by atoms with Gasteiger partial charge in [0.25, 0.3) is 0 Å². The Morgan fingerprint density at radius 2 is 2.14 bits per heavy atom. The van der Waals surface area contributed by atoms with Crippen molar-refractivity contribution in [2.75, 3.05) is 0 Å². The Kier molecular flexibility index (Phi) is 3.25. The van der Waals surface area contributed by atoms with Crippen LogP contribution in [0.3, 0.4) is 0 Å². The van der Waals surface area contributed by atoms with Gasteiger partial charge in [-0.05, 0) is 36.4 Å². The highest BCUT2D eigenvalue weighted by atomic mass is 127. The van der Waals surface area contributed by atoms with Crippen LogP contribution in [-0.2, 0) is 0 Å². The lowest BCUT2D eigenvalue weighted by Gasteiger charge is -1.87. The molecule has 0 aromatic rings. The third-order valence-corrected chi connectivity index (χ3v) is 2.04. The van der Waals surface area contributed by atoms with E-state index in [-0.39, 0.29) is 0 Å². The van der Waals surface area contributed by atoms with E-state index in [1.165, 1.54) is 0 Å². The van der Waals surface area contributed by atoms with E-state index in [9.17, 15) is 0 Å². The summed E-state index contributed by atoms with van der Waals surface area (Å²) in [5.74, 6) is 0. The van der Waals surface area contributed by atoms with Crippen LogP contribution in [0.1, 0.15) is 13.8 Å². The third-order valence-electron chi connectivity index (χ3n) is 0.612. The second-order valence-electron chi connectivity index (χ2n) is 1.26. The molecule has 0 aromatic carbocycles. The molecule has 7 heavy (non-hydrogen) atoms. The fourth-order valence-corrected chi connectivity index (χ4v) is 0.217. The van der Waals surface area contributed by atoms with Crippen LogP contribution in [0.4, 0.5) is 0 Å². The Balaban J connectivity index is 3.82. The zero-order valence-electron chi connectivity index (χ0n) is 4.46. The number of rotatable bonds is 1. The van der Waals surface area contributed by atoms with Crippen LogP contribution in [-0.4, -0.2) is 5.71 Å². The first-order valence-corrected chi connectivity index (χ1v) is 3.13. The molecular weight excluding hydrogens is 201 g/mol. The SMILES string of the molecule is C/C=C(/I)C(C)=N. The van der Waals surface area contributed by atoms with Gasteiger partial charge in [0.15, 0.2) is 0 Å². The predicted molar refractivity (Wildman–Crippen MR) is 41.2 cm³/mol. The van der Waals surface area contributed by atoms with Crippen LogP contribution < -0.4 is 0 Å². The normalized spacial score (nSPS) is 11.6. The first-order chi connectivity index (χ1) is 3.18. The highest BCUT2D eigenvalue weighted by Crippen LogP contribution is 2.04. The van der Waals surface area contributed by atoms with Crippen molar-refractivity contribution in [3.8, 4) is 0 Å². The molecule has 1 nitrogen and oxygen atoms in total. The molecule has 0 saturated carbocycles. The van der Waals surface area contributed by atoms with E-state index in [0.717, 1.165) is 3.58 Å². The van der Waals surface area contributed by atoms with Crippen LogP contribution in [0, 0.1) is 5.41 Å². The number of nitrogens with one attached hydrogen (secondary N) is 1. The molecule has 0 rings (SSSR count). The second-order valence-corrected chi connectivity index (χ2v) is 2.42. The molecule has 0 heterocycles. The lowest BCUT2D eigenvalue weighted by atomic mass is 10.4. The van der Waals surface area contributed by atoms with Crippen molar-refractivity contribution in [1.29, 1.82) is 5.41 Å². The van der Waals surface area contributed by atoms with Crippen molar-refractivity contribution < 1.29 is 0 Å². The molecule has 0 spiro atoms. The maximum atomic E-state index is 7.02. The Bertz CT molecular complexity index is 105. The molecular formula is C5H8IN. The molecule has 0 unspecified atom stereocenters. The van der Waals surface area contributed by atoms with Crippen LogP contribution in [0.5, 0.6) is 0 Å². The Morgan fingerprint density at radius 3 is 2.14 bits per heavy atom. The summed E-state index contributed by atoms with van der Waals surface area (Å²) in [6.45, 7) is 3.71. The van der Waals surface area contributed by atoms with Crippen molar-refractivity contribution in [3.63, 3.8) is 0 Å². The molecule has 0 radical (unpaired) electrons. The quantitative estimate of drug-likeness (QED) is 0.506. The van der Waals surface area contributed by atoms with Gasteiger partial charge in [-0.2, -0.15) is 0 Å². The zero-order chi connectivity index (χ0) is 5.86. The van der Waals surface area contributed by atoms with Gasteiger partial charge in [-0.15, -0.1) is 0 Å². The number of hydrogen-bond donors (Lipinski definition) is 1. The van der Waals surface area contributed by atoms with Crippen molar-refractivity contribution in [3.05, 3.63) is 9.66 Å². The Hall–Kier alpha value is 0.140. The molecule has 0 amide bonds. The summed E-state index contributed by atoms with van der Waals surface area (Å²) < 4.78 is 1.03. The molecule has 0 saturated heterocycles. The van der Waals surface area contributed by atoms with Gasteiger partial charge in [0, 0.05) is 9.29 Å². The van der Waals surface area contributed by atoms with Gasteiger partial charge in [-0.25, -0.2) is 0 Å². The summed E-state index contributed by atoms with van der Waals surface area (Å²) in [6.07, 6.45) is 1.92. The third kappa shape index (κ3) is 2.79. The molecule has 2 heteroatoms. The highest BCUT2D eigenvalue weighted by Gasteiger charge is 1.86. The summed E-state index contributed by atoms with van der Waals surface area (Å²) >= 11 is 2.13. The number of halogens is 1. The largest absolute Gasteiger partial charge is 0.305 e. The van der Waals surface area contributed by atoms with Gasteiger partial charge < -0.3 is 5.41 Å². The predicted octanol–water partition coefficient (Wildman–Crippen LogP) is 2.36. The zero-order valence-corrected chi connectivity index (χ0v) is 6.61. The van der Waals surface area contributed by atoms with E-state index in [4.69, 9.17) is 5.41 Å². The summed E-state index contributed by atoms with van der Waals surface area (Å²) in [4.78, 5) is 0. The van der Waals surface area contributed by atoms with Crippen molar-refractivity contribution in [1.82, 2.24) is 0 Å². The van der Waals surface area contributed by atoms with Crippen molar-refractivity contribution >= 4 is 28.3 Å². The number of hydrogen-bond acceptors (Lipinski definition) is 1. The van der Waals surface area contributed by atoms with Gasteiger partial charge >= 0.3 is 0 Å². The van der Waals surface area contributed by atoms with Crippen molar-refractivity contribution in [2.24, 2.45) is 0 Å². The van der Waals surface area contributed by atoms with Crippen molar-refractivity contribution in [2.45, 2.75) is 13.8 Å². The van der Waals surface area contributed by atoms with Gasteiger partial charge in [0.05, 0.1) is 0 Å². The molecule has 0 fully saturated rings. The highest BCUT2D eigenvalue weighted by molar-refractivity contribution is 14.1. The van der Waals surface area contributed by atoms with Crippen LogP contribution >= 0.6 is 22.6 Å². The fourth-order valence-electron chi connectivity index (χ4n) is 0.217. The molecule has 0 atom stereocenters. The molecule has 0 aliphatic carbocycles. The van der Waals surface area contributed by atoms with E-state index < -0.39 is 0 Å². The van der Waals surface area contributed by atoms with Gasteiger partial charge in [-0.3, -0.25) is 0 Å². The van der Waals surface area contributed by atoms with E-state index in [1.807, 2.05) is 13.0 Å². The molecule has 0 bridgehead atoms. The van der Waals surface area contributed by atoms with E-state index in [2.05, 4.69) is 22.6 Å². The summed E-state index contributed by atoms with van der Waals surface area (Å²) in [7, 11) is 0. The smallest absolute Gasteiger partial charge is 0.0412 e. The summed E-state index contributed by atoms with van der Waals surface area (Å²) in [5, 5.41) is 7.02. The fraction of sp³-hybridized carbons (Fsp3) is 0.400. The molecule has 0 aliphatic rings.